The summed E-state index contributed by atoms with van der Waals surface area (Å²) in [5.74, 6) is 1.88. The number of benzene rings is 2. The maximum Gasteiger partial charge on any atom is 0.323 e. The molecule has 4 aliphatic rings. The summed E-state index contributed by atoms with van der Waals surface area (Å²) in [4.78, 5) is 49.2. The Hall–Kier alpha value is -4.33. The lowest BCUT2D eigenvalue weighted by Crippen LogP contribution is -2.57. The summed E-state index contributed by atoms with van der Waals surface area (Å²) < 4.78 is 11.0. The second-order valence-electron chi connectivity index (χ2n) is 12.6. The Labute approximate surface area is 275 Å². The first-order valence-electron chi connectivity index (χ1n) is 16.8. The molecule has 1 aromatic heterocycles. The molecule has 4 heterocycles. The number of morpholine rings is 2. The number of urea groups is 1. The first kappa shape index (κ1) is 31.3. The van der Waals surface area contributed by atoms with Gasteiger partial charge in [-0.25, -0.2) is 4.79 Å². The second kappa shape index (κ2) is 14.2. The van der Waals surface area contributed by atoms with Gasteiger partial charge in [-0.1, -0.05) is 6.42 Å². The van der Waals surface area contributed by atoms with Gasteiger partial charge in [-0.3, -0.25) is 9.69 Å². The third-order valence-corrected chi connectivity index (χ3v) is 9.50. The number of carbonyl (C=O) groups excluding carboxylic acids is 2. The predicted octanol–water partition coefficient (Wildman–Crippen LogP) is 3.55. The lowest BCUT2D eigenvalue weighted by molar-refractivity contribution is 0.0253. The third-order valence-electron chi connectivity index (χ3n) is 9.50. The second-order valence-corrected chi connectivity index (χ2v) is 12.6. The average molecular weight is 642 g/mol. The highest BCUT2D eigenvalue weighted by Crippen LogP contribution is 2.28. The van der Waals surface area contributed by atoms with E-state index in [0.29, 0.717) is 67.1 Å². The topological polar surface area (TPSA) is 128 Å². The van der Waals surface area contributed by atoms with Crippen LogP contribution in [-0.2, 0) is 9.47 Å². The van der Waals surface area contributed by atoms with Gasteiger partial charge in [0, 0.05) is 80.4 Å². The Morgan fingerprint density at radius 3 is 1.79 bits per heavy atom. The number of aromatic nitrogens is 3. The fourth-order valence-electron chi connectivity index (χ4n) is 6.52. The minimum absolute atomic E-state index is 0.0363. The molecule has 3 aliphatic heterocycles. The van der Waals surface area contributed by atoms with Crippen LogP contribution in [0.2, 0.25) is 0 Å². The molecule has 1 atom stereocenters. The Balaban J connectivity index is 0.966. The molecule has 0 spiro atoms. The number of nitrogens with one attached hydrogen (secondary N) is 2. The molecule has 7 rings (SSSR count). The van der Waals surface area contributed by atoms with E-state index in [0.717, 1.165) is 51.4 Å². The molecule has 3 amide bonds. The van der Waals surface area contributed by atoms with E-state index < -0.39 is 0 Å². The van der Waals surface area contributed by atoms with Gasteiger partial charge in [-0.15, -0.1) is 0 Å². The van der Waals surface area contributed by atoms with Crippen LogP contribution < -0.4 is 20.4 Å². The van der Waals surface area contributed by atoms with Gasteiger partial charge < -0.3 is 34.8 Å². The predicted molar refractivity (Wildman–Crippen MR) is 180 cm³/mol. The molecule has 1 aliphatic carbocycles. The van der Waals surface area contributed by atoms with Gasteiger partial charge in [0.2, 0.25) is 11.9 Å². The molecule has 13 heteroatoms. The molecule has 3 aromatic rings. The lowest BCUT2D eigenvalue weighted by atomic mass is 9.90. The van der Waals surface area contributed by atoms with Gasteiger partial charge in [0.25, 0.3) is 5.91 Å². The Morgan fingerprint density at radius 2 is 1.28 bits per heavy atom. The van der Waals surface area contributed by atoms with Crippen molar-refractivity contribution < 1.29 is 19.1 Å². The Bertz CT molecular complexity index is 1500. The molecule has 47 heavy (non-hydrogen) atoms. The van der Waals surface area contributed by atoms with E-state index in [1.54, 1.807) is 24.3 Å². The first-order valence-corrected chi connectivity index (χ1v) is 16.8. The largest absolute Gasteiger partial charge is 0.378 e. The fourth-order valence-corrected chi connectivity index (χ4v) is 6.52. The molecular weight excluding hydrogens is 598 g/mol. The van der Waals surface area contributed by atoms with Crippen molar-refractivity contribution in [2.75, 3.05) is 92.7 Å². The van der Waals surface area contributed by atoms with Gasteiger partial charge in [-0.2, -0.15) is 15.0 Å². The number of ether oxygens (including phenoxy) is 2. The third kappa shape index (κ3) is 7.32. The smallest absolute Gasteiger partial charge is 0.323 e. The van der Waals surface area contributed by atoms with Gasteiger partial charge >= 0.3 is 6.03 Å². The normalized spacial score (nSPS) is 20.9. The molecule has 2 aromatic carbocycles. The number of hydrogen-bond acceptors (Lipinski definition) is 10. The number of rotatable bonds is 7. The summed E-state index contributed by atoms with van der Waals surface area (Å²) in [7, 11) is 0. The SMILES string of the molecule is CC1CN(C2CCC2)CCN1C(=O)c1ccc(NC(=O)Nc2ccc(-c3nc(N4CCOCC4)nc(N4CCOCC4)n3)cc2)cc1. The molecule has 13 nitrogen and oxygen atoms in total. The van der Waals surface area contributed by atoms with E-state index in [1.165, 1.54) is 19.3 Å². The van der Waals surface area contributed by atoms with E-state index in [4.69, 9.17) is 24.4 Å². The molecular formula is C34H43N9O4. The van der Waals surface area contributed by atoms with E-state index in [1.807, 2.05) is 29.2 Å². The zero-order chi connectivity index (χ0) is 32.2. The van der Waals surface area contributed by atoms with Crippen molar-refractivity contribution in [2.45, 2.75) is 38.3 Å². The van der Waals surface area contributed by atoms with Crippen LogP contribution in [-0.4, -0.2) is 121 Å². The lowest BCUT2D eigenvalue weighted by Gasteiger charge is -2.46. The van der Waals surface area contributed by atoms with Crippen LogP contribution in [0.15, 0.2) is 48.5 Å². The minimum atomic E-state index is -0.373. The van der Waals surface area contributed by atoms with Crippen LogP contribution >= 0.6 is 0 Å². The van der Waals surface area contributed by atoms with Gasteiger partial charge in [-0.05, 0) is 68.3 Å². The molecule has 248 valence electrons. The monoisotopic (exact) mass is 641 g/mol. The van der Waals surface area contributed by atoms with Crippen molar-refractivity contribution in [3.05, 3.63) is 54.1 Å². The minimum Gasteiger partial charge on any atom is -0.378 e. The molecule has 4 fully saturated rings. The zero-order valence-electron chi connectivity index (χ0n) is 26.9. The molecule has 3 saturated heterocycles. The fraction of sp³-hybridized carbons (Fsp3) is 0.500. The number of hydrogen-bond donors (Lipinski definition) is 2. The van der Waals surface area contributed by atoms with Crippen molar-refractivity contribution in [1.82, 2.24) is 24.8 Å². The summed E-state index contributed by atoms with van der Waals surface area (Å²) in [6.07, 6.45) is 3.88. The van der Waals surface area contributed by atoms with E-state index in [2.05, 4.69) is 32.3 Å². The van der Waals surface area contributed by atoms with Crippen LogP contribution in [0, 0.1) is 0 Å². The summed E-state index contributed by atoms with van der Waals surface area (Å²) in [6.45, 7) is 10.2. The van der Waals surface area contributed by atoms with Crippen molar-refractivity contribution >= 4 is 35.2 Å². The van der Waals surface area contributed by atoms with Crippen LogP contribution in [0.1, 0.15) is 36.5 Å². The van der Waals surface area contributed by atoms with Crippen LogP contribution in [0.4, 0.5) is 28.1 Å². The maximum absolute atomic E-state index is 13.3. The van der Waals surface area contributed by atoms with Crippen LogP contribution in [0.3, 0.4) is 0 Å². The number of amides is 3. The molecule has 1 unspecified atom stereocenters. The number of carbonyl (C=O) groups is 2. The average Bonchev–Trinajstić information content (AvgIpc) is 3.08. The van der Waals surface area contributed by atoms with Crippen molar-refractivity contribution in [3.8, 4) is 11.4 Å². The van der Waals surface area contributed by atoms with Crippen molar-refractivity contribution in [3.63, 3.8) is 0 Å². The molecule has 0 bridgehead atoms. The zero-order valence-corrected chi connectivity index (χ0v) is 26.9. The van der Waals surface area contributed by atoms with E-state index in [9.17, 15) is 9.59 Å². The van der Waals surface area contributed by atoms with Crippen molar-refractivity contribution in [2.24, 2.45) is 0 Å². The van der Waals surface area contributed by atoms with Crippen LogP contribution in [0.25, 0.3) is 11.4 Å². The van der Waals surface area contributed by atoms with Gasteiger partial charge in [0.05, 0.1) is 26.4 Å². The highest BCUT2D eigenvalue weighted by molar-refractivity contribution is 6.00. The Morgan fingerprint density at radius 1 is 0.723 bits per heavy atom. The van der Waals surface area contributed by atoms with Crippen molar-refractivity contribution in [1.29, 1.82) is 0 Å². The summed E-state index contributed by atoms with van der Waals surface area (Å²) in [5.41, 5.74) is 2.68. The maximum atomic E-state index is 13.3. The van der Waals surface area contributed by atoms with Gasteiger partial charge in [0.1, 0.15) is 0 Å². The number of nitrogens with zero attached hydrogens (tertiary/aromatic N) is 7. The quantitative estimate of drug-likeness (QED) is 0.395. The van der Waals surface area contributed by atoms with Gasteiger partial charge in [0.15, 0.2) is 5.82 Å². The first-order chi connectivity index (χ1) is 23.0. The molecule has 2 N–H and O–H groups in total. The number of piperazine rings is 1. The molecule has 1 saturated carbocycles. The van der Waals surface area contributed by atoms with E-state index in [-0.39, 0.29) is 18.0 Å². The van der Waals surface area contributed by atoms with E-state index >= 15 is 0 Å². The summed E-state index contributed by atoms with van der Waals surface area (Å²) in [6, 6.07) is 15.0. The van der Waals surface area contributed by atoms with Crippen LogP contribution in [0.5, 0.6) is 0 Å². The standard InChI is InChI=1S/C34H43N9O4/c1-24-23-42(29-3-2-4-29)13-14-43(24)31(44)26-7-11-28(12-8-26)36-34(45)35-27-9-5-25(6-10-27)30-37-32(40-15-19-46-20-16-40)39-33(38-30)41-17-21-47-22-18-41/h5-12,24,29H,2-4,13-23H2,1H3,(H2,35,36,45). The Kier molecular flexibility index (Phi) is 9.45. The highest BCUT2D eigenvalue weighted by Gasteiger charge is 2.33. The number of anilines is 4. The highest BCUT2D eigenvalue weighted by atomic mass is 16.5. The summed E-state index contributed by atoms with van der Waals surface area (Å²) >= 11 is 0. The molecule has 0 radical (unpaired) electrons. The summed E-state index contributed by atoms with van der Waals surface area (Å²) in [5, 5.41) is 5.75.